The van der Waals surface area contributed by atoms with E-state index >= 15 is 0 Å². The van der Waals surface area contributed by atoms with Crippen LogP contribution in [0.4, 0.5) is 9.18 Å². The molecule has 0 bridgehead atoms. The van der Waals surface area contributed by atoms with E-state index in [0.29, 0.717) is 19.6 Å². The second-order valence-corrected chi connectivity index (χ2v) is 9.20. The summed E-state index contributed by atoms with van der Waals surface area (Å²) in [7, 11) is 0. The standard InChI is InChI=1S/C26H30FN3O3/c27-21-8-2-7-20(17-21)19-6-1-5-18(15-19)16-23-22(28-25(31)24-9-3-14-33-24)10-13-30(23)26(32)29-11-4-12-29/h1-2,5-8,15,17,22-24H,3-4,9-14,16H2,(H,28,31)/t22-,23-,24-/m0/s1. The molecule has 0 spiro atoms. The van der Waals surface area contributed by atoms with Crippen LogP contribution in [0.1, 0.15) is 31.2 Å². The number of carbonyl (C=O) groups is 2. The first-order chi connectivity index (χ1) is 16.1. The van der Waals surface area contributed by atoms with Crippen LogP contribution < -0.4 is 5.32 Å². The van der Waals surface area contributed by atoms with Gasteiger partial charge in [-0.25, -0.2) is 9.18 Å². The van der Waals surface area contributed by atoms with E-state index in [1.165, 1.54) is 12.1 Å². The van der Waals surface area contributed by atoms with Crippen molar-refractivity contribution < 1.29 is 18.7 Å². The number of urea groups is 1. The summed E-state index contributed by atoms with van der Waals surface area (Å²) in [6.07, 6.45) is 3.65. The van der Waals surface area contributed by atoms with Crippen LogP contribution in [-0.2, 0) is 16.0 Å². The van der Waals surface area contributed by atoms with E-state index in [0.717, 1.165) is 55.5 Å². The van der Waals surface area contributed by atoms with E-state index in [4.69, 9.17) is 4.74 Å². The van der Waals surface area contributed by atoms with Crippen LogP contribution in [-0.4, -0.2) is 66.2 Å². The van der Waals surface area contributed by atoms with Crippen molar-refractivity contribution in [3.63, 3.8) is 0 Å². The Balaban J connectivity index is 1.36. The normalized spacial score (nSPS) is 24.6. The van der Waals surface area contributed by atoms with Crippen LogP contribution in [0.5, 0.6) is 0 Å². The molecular weight excluding hydrogens is 421 g/mol. The Bertz CT molecular complexity index is 1020. The number of likely N-dealkylation sites (tertiary alicyclic amines) is 2. The molecule has 5 rings (SSSR count). The highest BCUT2D eigenvalue weighted by Gasteiger charge is 2.41. The molecule has 3 heterocycles. The average Bonchev–Trinajstić information content (AvgIpc) is 3.44. The third kappa shape index (κ3) is 4.74. The topological polar surface area (TPSA) is 61.9 Å². The number of rotatable bonds is 5. The minimum atomic E-state index is -0.387. The Morgan fingerprint density at radius 2 is 1.79 bits per heavy atom. The van der Waals surface area contributed by atoms with Crippen molar-refractivity contribution in [2.45, 2.75) is 50.3 Å². The molecule has 0 saturated carbocycles. The Morgan fingerprint density at radius 3 is 2.48 bits per heavy atom. The fourth-order valence-corrected chi connectivity index (χ4v) is 5.05. The summed E-state index contributed by atoms with van der Waals surface area (Å²) >= 11 is 0. The summed E-state index contributed by atoms with van der Waals surface area (Å²) in [4.78, 5) is 29.7. The van der Waals surface area contributed by atoms with Crippen molar-refractivity contribution in [2.24, 2.45) is 0 Å². The van der Waals surface area contributed by atoms with Crippen LogP contribution >= 0.6 is 0 Å². The SMILES string of the molecule is O=C(N[C@H]1CCN(C(=O)N2CCC2)[C@H]1Cc1cccc(-c2cccc(F)c2)c1)[C@@H]1CCCO1. The van der Waals surface area contributed by atoms with Gasteiger partial charge in [-0.15, -0.1) is 0 Å². The number of amides is 3. The quantitative estimate of drug-likeness (QED) is 0.756. The van der Waals surface area contributed by atoms with Gasteiger partial charge in [0.25, 0.3) is 0 Å². The molecule has 3 amide bonds. The summed E-state index contributed by atoms with van der Waals surface area (Å²) in [6, 6.07) is 14.4. The second-order valence-electron chi connectivity index (χ2n) is 9.20. The molecule has 0 radical (unpaired) electrons. The number of nitrogens with one attached hydrogen (secondary N) is 1. The Labute approximate surface area is 193 Å². The van der Waals surface area contributed by atoms with Gasteiger partial charge in [-0.05, 0) is 60.9 Å². The van der Waals surface area contributed by atoms with Crippen LogP contribution in [0.15, 0.2) is 48.5 Å². The van der Waals surface area contributed by atoms with E-state index in [2.05, 4.69) is 11.4 Å². The van der Waals surface area contributed by atoms with E-state index in [1.807, 2.05) is 34.1 Å². The highest BCUT2D eigenvalue weighted by molar-refractivity contribution is 5.82. The molecule has 3 saturated heterocycles. The van der Waals surface area contributed by atoms with Gasteiger partial charge in [0, 0.05) is 26.2 Å². The van der Waals surface area contributed by atoms with E-state index in [1.54, 1.807) is 6.07 Å². The lowest BCUT2D eigenvalue weighted by molar-refractivity contribution is -0.130. The first-order valence-electron chi connectivity index (χ1n) is 11.9. The molecule has 3 atom stereocenters. The largest absolute Gasteiger partial charge is 0.368 e. The second kappa shape index (κ2) is 9.51. The third-order valence-corrected chi connectivity index (χ3v) is 7.00. The van der Waals surface area contributed by atoms with Gasteiger partial charge in [0.1, 0.15) is 11.9 Å². The zero-order valence-corrected chi connectivity index (χ0v) is 18.7. The van der Waals surface area contributed by atoms with Gasteiger partial charge in [0.05, 0.1) is 12.1 Å². The van der Waals surface area contributed by atoms with Gasteiger partial charge in [-0.1, -0.05) is 36.4 Å². The van der Waals surface area contributed by atoms with Crippen molar-refractivity contribution in [2.75, 3.05) is 26.2 Å². The molecule has 0 unspecified atom stereocenters. The fraction of sp³-hybridized carbons (Fsp3) is 0.462. The lowest BCUT2D eigenvalue weighted by Crippen LogP contribution is -2.55. The summed E-state index contributed by atoms with van der Waals surface area (Å²) in [5, 5.41) is 3.18. The van der Waals surface area contributed by atoms with E-state index in [-0.39, 0.29) is 35.9 Å². The Hall–Kier alpha value is -2.93. The molecule has 0 aromatic heterocycles. The van der Waals surface area contributed by atoms with Gasteiger partial charge in [-0.3, -0.25) is 4.79 Å². The van der Waals surface area contributed by atoms with Gasteiger partial charge in [0.2, 0.25) is 5.91 Å². The monoisotopic (exact) mass is 451 g/mol. The minimum Gasteiger partial charge on any atom is -0.368 e. The maximum atomic E-state index is 13.7. The molecule has 1 N–H and O–H groups in total. The fourth-order valence-electron chi connectivity index (χ4n) is 5.05. The van der Waals surface area contributed by atoms with Gasteiger partial charge in [0.15, 0.2) is 0 Å². The van der Waals surface area contributed by atoms with E-state index < -0.39 is 0 Å². The molecule has 2 aromatic rings. The number of ether oxygens (including phenoxy) is 1. The third-order valence-electron chi connectivity index (χ3n) is 7.00. The Morgan fingerprint density at radius 1 is 1.00 bits per heavy atom. The number of hydrogen-bond donors (Lipinski definition) is 1. The summed E-state index contributed by atoms with van der Waals surface area (Å²) in [5.74, 6) is -0.341. The summed E-state index contributed by atoms with van der Waals surface area (Å²) in [5.41, 5.74) is 2.81. The average molecular weight is 452 g/mol. The summed E-state index contributed by atoms with van der Waals surface area (Å²) in [6.45, 7) is 2.84. The van der Waals surface area contributed by atoms with Crippen LogP contribution in [0, 0.1) is 5.82 Å². The molecule has 6 nitrogen and oxygen atoms in total. The number of halogens is 1. The van der Waals surface area contributed by atoms with E-state index in [9.17, 15) is 14.0 Å². The van der Waals surface area contributed by atoms with Gasteiger partial charge >= 0.3 is 6.03 Å². The number of benzene rings is 2. The lowest BCUT2D eigenvalue weighted by Gasteiger charge is -2.38. The first kappa shape index (κ1) is 21.9. The maximum absolute atomic E-state index is 13.7. The molecule has 3 fully saturated rings. The number of hydrogen-bond acceptors (Lipinski definition) is 3. The van der Waals surface area contributed by atoms with Gasteiger partial charge < -0.3 is 19.9 Å². The molecule has 2 aromatic carbocycles. The van der Waals surface area contributed by atoms with Crippen LogP contribution in [0.2, 0.25) is 0 Å². The zero-order chi connectivity index (χ0) is 22.8. The zero-order valence-electron chi connectivity index (χ0n) is 18.7. The highest BCUT2D eigenvalue weighted by Crippen LogP contribution is 2.28. The lowest BCUT2D eigenvalue weighted by atomic mass is 9.96. The molecule has 3 aliphatic rings. The molecule has 3 aliphatic heterocycles. The predicted octanol–water partition coefficient (Wildman–Crippen LogP) is 3.60. The predicted molar refractivity (Wildman–Crippen MR) is 123 cm³/mol. The van der Waals surface area contributed by atoms with Crippen molar-refractivity contribution >= 4 is 11.9 Å². The highest BCUT2D eigenvalue weighted by atomic mass is 19.1. The minimum absolute atomic E-state index is 0.0569. The van der Waals surface area contributed by atoms with Crippen molar-refractivity contribution in [3.8, 4) is 11.1 Å². The molecule has 7 heteroatoms. The van der Waals surface area contributed by atoms with Crippen molar-refractivity contribution in [1.82, 2.24) is 15.1 Å². The molecule has 174 valence electrons. The summed E-state index contributed by atoms with van der Waals surface area (Å²) < 4.78 is 19.3. The smallest absolute Gasteiger partial charge is 0.320 e. The molecule has 33 heavy (non-hydrogen) atoms. The number of nitrogens with zero attached hydrogens (tertiary/aromatic N) is 2. The first-order valence-corrected chi connectivity index (χ1v) is 11.9. The maximum Gasteiger partial charge on any atom is 0.320 e. The van der Waals surface area contributed by atoms with Crippen molar-refractivity contribution in [1.29, 1.82) is 0 Å². The molecule has 0 aliphatic carbocycles. The Kier molecular flexibility index (Phi) is 6.31. The van der Waals surface area contributed by atoms with Crippen molar-refractivity contribution in [3.05, 3.63) is 59.9 Å². The van der Waals surface area contributed by atoms with Crippen LogP contribution in [0.25, 0.3) is 11.1 Å². The molecular formula is C26H30FN3O3. The van der Waals surface area contributed by atoms with Crippen LogP contribution in [0.3, 0.4) is 0 Å². The van der Waals surface area contributed by atoms with Gasteiger partial charge in [-0.2, -0.15) is 0 Å². The number of carbonyl (C=O) groups excluding carboxylic acids is 2.